The van der Waals surface area contributed by atoms with Gasteiger partial charge >= 0.3 is 0 Å². The van der Waals surface area contributed by atoms with Crippen molar-refractivity contribution >= 4 is 29.1 Å². The molecule has 1 N–H and O–H groups in total. The highest BCUT2D eigenvalue weighted by Crippen LogP contribution is 2.26. The van der Waals surface area contributed by atoms with E-state index >= 15 is 0 Å². The largest absolute Gasteiger partial charge is 0.374 e. The Morgan fingerprint density at radius 3 is 2.82 bits per heavy atom. The van der Waals surface area contributed by atoms with Crippen LogP contribution < -0.4 is 10.2 Å². The zero-order chi connectivity index (χ0) is 12.7. The molecule has 0 atom stereocenters. The minimum atomic E-state index is 0.807. The fourth-order valence-corrected chi connectivity index (χ4v) is 2.48. The molecule has 0 aliphatic rings. The van der Waals surface area contributed by atoms with Gasteiger partial charge in [0.05, 0.1) is 0 Å². The van der Waals surface area contributed by atoms with Crippen molar-refractivity contribution in [2.24, 2.45) is 0 Å². The standard InChI is InChI=1S/C13H21ClN2S/c1-15-10-11-12(14)6-4-7-13(11)16(2)8-5-9-17-3/h4,6-7,15H,5,8-10H2,1-3H3. The molecule has 4 heteroatoms. The molecule has 1 rings (SSSR count). The van der Waals surface area contributed by atoms with Crippen LogP contribution in [0.15, 0.2) is 18.2 Å². The van der Waals surface area contributed by atoms with Crippen LogP contribution in [0.5, 0.6) is 0 Å². The van der Waals surface area contributed by atoms with Gasteiger partial charge in [0.1, 0.15) is 0 Å². The fraction of sp³-hybridized carbons (Fsp3) is 0.538. The van der Waals surface area contributed by atoms with Gasteiger partial charge in [0.2, 0.25) is 0 Å². The van der Waals surface area contributed by atoms with E-state index in [1.165, 1.54) is 23.4 Å². The normalized spacial score (nSPS) is 10.6. The molecule has 0 aromatic heterocycles. The van der Waals surface area contributed by atoms with E-state index in [1.54, 1.807) is 0 Å². The molecule has 0 amide bonds. The molecular weight excluding hydrogens is 252 g/mol. The topological polar surface area (TPSA) is 15.3 Å². The molecule has 0 aliphatic carbocycles. The molecule has 0 saturated carbocycles. The van der Waals surface area contributed by atoms with Crippen molar-refractivity contribution in [2.75, 3.05) is 37.5 Å². The number of nitrogens with zero attached hydrogens (tertiary/aromatic N) is 1. The van der Waals surface area contributed by atoms with E-state index in [9.17, 15) is 0 Å². The maximum atomic E-state index is 6.24. The minimum Gasteiger partial charge on any atom is -0.374 e. The van der Waals surface area contributed by atoms with Gasteiger partial charge in [0.25, 0.3) is 0 Å². The Kier molecular flexibility index (Phi) is 6.78. The Balaban J connectivity index is 2.77. The summed E-state index contributed by atoms with van der Waals surface area (Å²) < 4.78 is 0. The van der Waals surface area contributed by atoms with Gasteiger partial charge in [-0.05, 0) is 37.6 Å². The molecule has 0 saturated heterocycles. The average Bonchev–Trinajstić information content (AvgIpc) is 2.32. The lowest BCUT2D eigenvalue weighted by Crippen LogP contribution is -2.22. The van der Waals surface area contributed by atoms with E-state index < -0.39 is 0 Å². The molecule has 0 radical (unpaired) electrons. The Labute approximate surface area is 114 Å². The summed E-state index contributed by atoms with van der Waals surface area (Å²) in [5.74, 6) is 1.20. The first-order valence-corrected chi connectivity index (χ1v) is 7.60. The maximum absolute atomic E-state index is 6.24. The molecule has 0 fully saturated rings. The van der Waals surface area contributed by atoms with Crippen LogP contribution in [0.2, 0.25) is 5.02 Å². The highest BCUT2D eigenvalue weighted by Gasteiger charge is 2.09. The van der Waals surface area contributed by atoms with Crippen molar-refractivity contribution in [1.82, 2.24) is 5.32 Å². The van der Waals surface area contributed by atoms with Crippen molar-refractivity contribution in [2.45, 2.75) is 13.0 Å². The van der Waals surface area contributed by atoms with Crippen LogP contribution in [0.25, 0.3) is 0 Å². The van der Waals surface area contributed by atoms with Gasteiger partial charge in [-0.2, -0.15) is 11.8 Å². The third-order valence-corrected chi connectivity index (χ3v) is 3.75. The van der Waals surface area contributed by atoms with Crippen LogP contribution in [0.3, 0.4) is 0 Å². The number of hydrogen-bond acceptors (Lipinski definition) is 3. The van der Waals surface area contributed by atoms with Gasteiger partial charge in [0.15, 0.2) is 0 Å². The summed E-state index contributed by atoms with van der Waals surface area (Å²) in [4.78, 5) is 2.29. The quantitative estimate of drug-likeness (QED) is 0.767. The second-order valence-electron chi connectivity index (χ2n) is 4.04. The SMILES string of the molecule is CNCc1c(Cl)cccc1N(C)CCCSC. The summed E-state index contributed by atoms with van der Waals surface area (Å²) in [6, 6.07) is 6.10. The number of benzene rings is 1. The van der Waals surface area contributed by atoms with E-state index in [2.05, 4.69) is 29.6 Å². The van der Waals surface area contributed by atoms with Crippen LogP contribution in [-0.2, 0) is 6.54 Å². The Hall–Kier alpha value is -0.380. The Bertz CT molecular complexity index is 344. The van der Waals surface area contributed by atoms with Gasteiger partial charge in [0, 0.05) is 36.4 Å². The van der Waals surface area contributed by atoms with Gasteiger partial charge < -0.3 is 10.2 Å². The number of rotatable bonds is 7. The monoisotopic (exact) mass is 272 g/mol. The molecule has 2 nitrogen and oxygen atoms in total. The van der Waals surface area contributed by atoms with Crippen molar-refractivity contribution in [3.05, 3.63) is 28.8 Å². The number of hydrogen-bond donors (Lipinski definition) is 1. The average molecular weight is 273 g/mol. The zero-order valence-electron chi connectivity index (χ0n) is 10.8. The summed E-state index contributed by atoms with van der Waals surface area (Å²) in [5.41, 5.74) is 2.41. The lowest BCUT2D eigenvalue weighted by Gasteiger charge is -2.23. The van der Waals surface area contributed by atoms with E-state index in [4.69, 9.17) is 11.6 Å². The van der Waals surface area contributed by atoms with Crippen molar-refractivity contribution in [3.63, 3.8) is 0 Å². The van der Waals surface area contributed by atoms with Crippen LogP contribution in [-0.4, -0.2) is 32.6 Å². The number of anilines is 1. The summed E-state index contributed by atoms with van der Waals surface area (Å²) in [5, 5.41) is 4.01. The summed E-state index contributed by atoms with van der Waals surface area (Å²) >= 11 is 8.13. The van der Waals surface area contributed by atoms with Crippen LogP contribution in [0.4, 0.5) is 5.69 Å². The molecule has 0 spiro atoms. The first-order chi connectivity index (χ1) is 8.20. The predicted molar refractivity (Wildman–Crippen MR) is 80.5 cm³/mol. The highest BCUT2D eigenvalue weighted by atomic mass is 35.5. The molecular formula is C13H21ClN2S. The fourth-order valence-electron chi connectivity index (χ4n) is 1.82. The van der Waals surface area contributed by atoms with Crippen LogP contribution in [0.1, 0.15) is 12.0 Å². The van der Waals surface area contributed by atoms with Gasteiger partial charge in [-0.15, -0.1) is 0 Å². The molecule has 0 bridgehead atoms. The number of halogens is 1. The molecule has 0 unspecified atom stereocenters. The van der Waals surface area contributed by atoms with E-state index in [0.717, 1.165) is 18.1 Å². The smallest absolute Gasteiger partial charge is 0.0471 e. The minimum absolute atomic E-state index is 0.807. The van der Waals surface area contributed by atoms with Gasteiger partial charge in [-0.3, -0.25) is 0 Å². The zero-order valence-corrected chi connectivity index (χ0v) is 12.4. The third kappa shape index (κ3) is 4.41. The lowest BCUT2D eigenvalue weighted by atomic mass is 10.1. The molecule has 96 valence electrons. The molecule has 1 aromatic rings. The lowest BCUT2D eigenvalue weighted by molar-refractivity contribution is 0.799. The van der Waals surface area contributed by atoms with Gasteiger partial charge in [-0.25, -0.2) is 0 Å². The molecule has 0 aliphatic heterocycles. The van der Waals surface area contributed by atoms with Crippen molar-refractivity contribution < 1.29 is 0 Å². The van der Waals surface area contributed by atoms with E-state index in [1.807, 2.05) is 30.9 Å². The van der Waals surface area contributed by atoms with Crippen molar-refractivity contribution in [3.8, 4) is 0 Å². The number of nitrogens with one attached hydrogen (secondary N) is 1. The number of thioether (sulfide) groups is 1. The first kappa shape index (κ1) is 14.7. The first-order valence-electron chi connectivity index (χ1n) is 5.82. The summed E-state index contributed by atoms with van der Waals surface area (Å²) in [6.07, 6.45) is 3.34. The van der Waals surface area contributed by atoms with Gasteiger partial charge in [-0.1, -0.05) is 17.7 Å². The summed E-state index contributed by atoms with van der Waals surface area (Å²) in [6.45, 7) is 1.87. The Morgan fingerprint density at radius 1 is 1.41 bits per heavy atom. The Morgan fingerprint density at radius 2 is 2.18 bits per heavy atom. The second-order valence-corrected chi connectivity index (χ2v) is 5.43. The van der Waals surface area contributed by atoms with E-state index in [-0.39, 0.29) is 0 Å². The second kappa shape index (κ2) is 7.85. The summed E-state index contributed by atoms with van der Waals surface area (Å²) in [7, 11) is 4.08. The molecule has 1 aromatic carbocycles. The van der Waals surface area contributed by atoms with Crippen molar-refractivity contribution in [1.29, 1.82) is 0 Å². The maximum Gasteiger partial charge on any atom is 0.0471 e. The highest BCUT2D eigenvalue weighted by molar-refractivity contribution is 7.98. The molecule has 17 heavy (non-hydrogen) atoms. The van der Waals surface area contributed by atoms with Crippen LogP contribution in [0, 0.1) is 0 Å². The van der Waals surface area contributed by atoms with E-state index in [0.29, 0.717) is 0 Å². The predicted octanol–water partition coefficient (Wildman–Crippen LogP) is 3.25. The van der Waals surface area contributed by atoms with Crippen LogP contribution >= 0.6 is 23.4 Å². The third-order valence-electron chi connectivity index (χ3n) is 2.70. The molecule has 0 heterocycles.